The van der Waals surface area contributed by atoms with Crippen LogP contribution < -0.4 is 10.6 Å². The van der Waals surface area contributed by atoms with Gasteiger partial charge in [0.25, 0.3) is 0 Å². The molecule has 106 valence electrons. The summed E-state index contributed by atoms with van der Waals surface area (Å²) in [5.41, 5.74) is 2.19. The van der Waals surface area contributed by atoms with E-state index in [-0.39, 0.29) is 0 Å². The Morgan fingerprint density at radius 1 is 1.00 bits per heavy atom. The fraction of sp³-hybridized carbons (Fsp3) is 0.188. The fourth-order valence-electron chi connectivity index (χ4n) is 2.20. The highest BCUT2D eigenvalue weighted by molar-refractivity contribution is 5.89. The van der Waals surface area contributed by atoms with Crippen molar-refractivity contribution in [3.05, 3.63) is 54.4 Å². The van der Waals surface area contributed by atoms with Crippen molar-refractivity contribution >= 4 is 22.7 Å². The van der Waals surface area contributed by atoms with E-state index in [1.54, 1.807) is 0 Å². The number of rotatable bonds is 5. The lowest BCUT2D eigenvalue weighted by Gasteiger charge is -2.10. The maximum absolute atomic E-state index is 4.50. The van der Waals surface area contributed by atoms with Gasteiger partial charge in [-0.05, 0) is 36.2 Å². The zero-order valence-corrected chi connectivity index (χ0v) is 11.9. The van der Waals surface area contributed by atoms with Crippen LogP contribution in [0.25, 0.3) is 10.9 Å². The minimum atomic E-state index is 0.625. The average molecular weight is 279 g/mol. The molecule has 0 radical (unpaired) electrons. The zero-order chi connectivity index (χ0) is 14.5. The minimum Gasteiger partial charge on any atom is -0.369 e. The van der Waals surface area contributed by atoms with Gasteiger partial charge >= 0.3 is 0 Å². The van der Waals surface area contributed by atoms with Crippen LogP contribution in [0.4, 0.5) is 11.8 Å². The molecular formula is C16H17N5. The Morgan fingerprint density at radius 3 is 2.62 bits per heavy atom. The van der Waals surface area contributed by atoms with Crippen LogP contribution in [0.15, 0.2) is 48.8 Å². The monoisotopic (exact) mass is 279 g/mol. The van der Waals surface area contributed by atoms with Gasteiger partial charge in [0.1, 0.15) is 5.82 Å². The van der Waals surface area contributed by atoms with Gasteiger partial charge in [-0.1, -0.05) is 12.1 Å². The van der Waals surface area contributed by atoms with Crippen molar-refractivity contribution in [3.63, 3.8) is 0 Å². The van der Waals surface area contributed by atoms with E-state index in [9.17, 15) is 0 Å². The lowest BCUT2D eigenvalue weighted by molar-refractivity contribution is 1.00. The van der Waals surface area contributed by atoms with Gasteiger partial charge in [-0.25, -0.2) is 4.98 Å². The number of nitrogens with one attached hydrogen (secondary N) is 2. The fourth-order valence-corrected chi connectivity index (χ4v) is 2.20. The Kier molecular flexibility index (Phi) is 3.91. The molecule has 3 rings (SSSR count). The van der Waals surface area contributed by atoms with Gasteiger partial charge in [0.2, 0.25) is 5.95 Å². The van der Waals surface area contributed by atoms with E-state index in [1.807, 2.05) is 55.8 Å². The number of fused-ring (bicyclic) bond motifs is 1. The Hall–Kier alpha value is -2.69. The van der Waals surface area contributed by atoms with Crippen molar-refractivity contribution in [1.82, 2.24) is 15.0 Å². The van der Waals surface area contributed by atoms with Crippen LogP contribution in [0.5, 0.6) is 0 Å². The Balaban J connectivity index is 1.79. The molecule has 1 aromatic carbocycles. The first-order valence-electron chi connectivity index (χ1n) is 6.94. The van der Waals surface area contributed by atoms with E-state index in [0.717, 1.165) is 29.7 Å². The van der Waals surface area contributed by atoms with Gasteiger partial charge in [-0.3, -0.25) is 4.98 Å². The largest absolute Gasteiger partial charge is 0.369 e. The molecule has 2 N–H and O–H groups in total. The molecule has 5 nitrogen and oxygen atoms in total. The van der Waals surface area contributed by atoms with Crippen molar-refractivity contribution in [1.29, 1.82) is 0 Å². The van der Waals surface area contributed by atoms with Crippen molar-refractivity contribution in [2.24, 2.45) is 0 Å². The number of pyridine rings is 1. The van der Waals surface area contributed by atoms with Gasteiger partial charge in [-0.2, -0.15) is 4.98 Å². The molecule has 0 unspecified atom stereocenters. The first-order chi connectivity index (χ1) is 10.4. The number of anilines is 2. The van der Waals surface area contributed by atoms with E-state index in [4.69, 9.17) is 0 Å². The van der Waals surface area contributed by atoms with Gasteiger partial charge in [0.15, 0.2) is 0 Å². The van der Waals surface area contributed by atoms with E-state index in [0.29, 0.717) is 5.95 Å². The topological polar surface area (TPSA) is 62.7 Å². The van der Waals surface area contributed by atoms with Crippen LogP contribution in [0.1, 0.15) is 5.56 Å². The Labute approximate surface area is 123 Å². The standard InChI is InChI=1S/C16H17N5/c1-17-16-20-14-5-3-2-4-13(14)15(21-16)19-11-8-12-6-9-18-10-7-12/h2-7,9-10H,8,11H2,1H3,(H2,17,19,20,21). The summed E-state index contributed by atoms with van der Waals surface area (Å²) in [4.78, 5) is 13.0. The highest BCUT2D eigenvalue weighted by Gasteiger charge is 2.06. The molecule has 0 bridgehead atoms. The van der Waals surface area contributed by atoms with Crippen LogP contribution in [0, 0.1) is 0 Å². The van der Waals surface area contributed by atoms with E-state index < -0.39 is 0 Å². The molecule has 0 aliphatic heterocycles. The van der Waals surface area contributed by atoms with Crippen LogP contribution in [0.2, 0.25) is 0 Å². The molecule has 5 heteroatoms. The Morgan fingerprint density at radius 2 is 1.81 bits per heavy atom. The molecule has 3 aromatic rings. The van der Waals surface area contributed by atoms with Crippen molar-refractivity contribution < 1.29 is 0 Å². The lowest BCUT2D eigenvalue weighted by Crippen LogP contribution is -2.09. The van der Waals surface area contributed by atoms with Gasteiger partial charge in [0.05, 0.1) is 5.52 Å². The summed E-state index contributed by atoms with van der Waals surface area (Å²) in [6.07, 6.45) is 4.55. The summed E-state index contributed by atoms with van der Waals surface area (Å²) in [6, 6.07) is 12.1. The van der Waals surface area contributed by atoms with Crippen LogP contribution in [0.3, 0.4) is 0 Å². The molecule has 21 heavy (non-hydrogen) atoms. The summed E-state index contributed by atoms with van der Waals surface area (Å²) in [7, 11) is 1.82. The van der Waals surface area contributed by atoms with Crippen molar-refractivity contribution in [3.8, 4) is 0 Å². The SMILES string of the molecule is CNc1nc(NCCc2ccncc2)c2ccccc2n1. The molecule has 0 aliphatic rings. The van der Waals surface area contributed by atoms with Gasteiger partial charge in [-0.15, -0.1) is 0 Å². The lowest BCUT2D eigenvalue weighted by atomic mass is 10.2. The molecule has 0 spiro atoms. The minimum absolute atomic E-state index is 0.625. The number of aromatic nitrogens is 3. The van der Waals surface area contributed by atoms with Gasteiger partial charge < -0.3 is 10.6 Å². The Bertz CT molecular complexity index is 727. The van der Waals surface area contributed by atoms with Crippen LogP contribution in [-0.2, 0) is 6.42 Å². The molecule has 0 fully saturated rings. The summed E-state index contributed by atoms with van der Waals surface area (Å²) in [5, 5.41) is 7.43. The van der Waals surface area contributed by atoms with Gasteiger partial charge in [0, 0.05) is 31.4 Å². The van der Waals surface area contributed by atoms with Crippen molar-refractivity contribution in [2.45, 2.75) is 6.42 Å². The summed E-state index contributed by atoms with van der Waals surface area (Å²) in [5.74, 6) is 1.49. The third-order valence-electron chi connectivity index (χ3n) is 3.28. The maximum Gasteiger partial charge on any atom is 0.224 e. The number of benzene rings is 1. The second-order valence-electron chi connectivity index (χ2n) is 4.70. The molecule has 2 aromatic heterocycles. The molecule has 0 aliphatic carbocycles. The summed E-state index contributed by atoms with van der Waals surface area (Å²) < 4.78 is 0. The van der Waals surface area contributed by atoms with Crippen LogP contribution >= 0.6 is 0 Å². The second kappa shape index (κ2) is 6.17. The maximum atomic E-state index is 4.50. The summed E-state index contributed by atoms with van der Waals surface area (Å²) in [6.45, 7) is 0.814. The predicted octanol–water partition coefficient (Wildman–Crippen LogP) is 2.72. The first kappa shape index (κ1) is 13.3. The molecule has 0 saturated carbocycles. The number of para-hydroxylation sites is 1. The smallest absolute Gasteiger partial charge is 0.224 e. The molecule has 0 amide bonds. The number of hydrogen-bond acceptors (Lipinski definition) is 5. The zero-order valence-electron chi connectivity index (χ0n) is 11.9. The van der Waals surface area contributed by atoms with E-state index in [1.165, 1.54) is 5.56 Å². The summed E-state index contributed by atoms with van der Waals surface area (Å²) >= 11 is 0. The molecule has 0 saturated heterocycles. The van der Waals surface area contributed by atoms with Crippen LogP contribution in [-0.4, -0.2) is 28.5 Å². The molecule has 0 atom stereocenters. The number of nitrogens with zero attached hydrogens (tertiary/aromatic N) is 3. The third kappa shape index (κ3) is 3.08. The average Bonchev–Trinajstić information content (AvgIpc) is 2.55. The molecular weight excluding hydrogens is 262 g/mol. The van der Waals surface area contributed by atoms with E-state index in [2.05, 4.69) is 25.6 Å². The third-order valence-corrected chi connectivity index (χ3v) is 3.28. The predicted molar refractivity (Wildman–Crippen MR) is 85.5 cm³/mol. The highest BCUT2D eigenvalue weighted by atomic mass is 15.1. The molecule has 2 heterocycles. The van der Waals surface area contributed by atoms with E-state index >= 15 is 0 Å². The highest BCUT2D eigenvalue weighted by Crippen LogP contribution is 2.21. The quantitative estimate of drug-likeness (QED) is 0.752. The first-order valence-corrected chi connectivity index (χ1v) is 6.94. The van der Waals surface area contributed by atoms with Crippen molar-refractivity contribution in [2.75, 3.05) is 24.2 Å². The normalized spacial score (nSPS) is 10.5. The number of hydrogen-bond donors (Lipinski definition) is 2. The second-order valence-corrected chi connectivity index (χ2v) is 4.70.